The summed E-state index contributed by atoms with van der Waals surface area (Å²) < 4.78 is 0. The van der Waals surface area contributed by atoms with Gasteiger partial charge in [-0.1, -0.05) is 6.07 Å². The summed E-state index contributed by atoms with van der Waals surface area (Å²) in [6.07, 6.45) is 5.90. The maximum absolute atomic E-state index is 4.78. The maximum atomic E-state index is 4.78. The highest BCUT2D eigenvalue weighted by molar-refractivity contribution is 5.81. The van der Waals surface area contributed by atoms with Gasteiger partial charge < -0.3 is 10.3 Å². The van der Waals surface area contributed by atoms with E-state index < -0.39 is 0 Å². The highest BCUT2D eigenvalue weighted by atomic mass is 15.0. The van der Waals surface area contributed by atoms with Crippen molar-refractivity contribution in [1.29, 1.82) is 0 Å². The second-order valence-corrected chi connectivity index (χ2v) is 6.00. The number of nitrogens with zero attached hydrogens (tertiary/aromatic N) is 3. The molecule has 2 atom stereocenters. The van der Waals surface area contributed by atoms with Gasteiger partial charge in [-0.25, -0.2) is 9.97 Å². The molecule has 112 valence electrons. The van der Waals surface area contributed by atoms with Gasteiger partial charge in [0.15, 0.2) is 0 Å². The lowest BCUT2D eigenvalue weighted by Crippen LogP contribution is -2.35. The molecule has 2 unspecified atom stereocenters. The standard InChI is InChI=1S/C17H19N5/c1-11-8-12(5-7-18-11)17-20-10-16-15(22-17)9-14(21-16)13-4-2-3-6-19-13/h2-4,6,9-12,18,21H,5,7-8H2,1H3. The zero-order chi connectivity index (χ0) is 14.9. The van der Waals surface area contributed by atoms with E-state index in [0.717, 1.165) is 47.6 Å². The van der Waals surface area contributed by atoms with E-state index in [1.54, 1.807) is 6.20 Å². The van der Waals surface area contributed by atoms with E-state index in [9.17, 15) is 0 Å². The normalized spacial score (nSPS) is 22.0. The van der Waals surface area contributed by atoms with Gasteiger partial charge in [0.1, 0.15) is 5.82 Å². The minimum atomic E-state index is 0.453. The summed E-state index contributed by atoms with van der Waals surface area (Å²) in [4.78, 5) is 17.1. The minimum Gasteiger partial charge on any atom is -0.351 e. The molecule has 0 radical (unpaired) electrons. The second-order valence-electron chi connectivity index (χ2n) is 6.00. The number of hydrogen-bond donors (Lipinski definition) is 2. The molecule has 0 aliphatic carbocycles. The summed E-state index contributed by atoms with van der Waals surface area (Å²) in [6, 6.07) is 8.50. The van der Waals surface area contributed by atoms with Crippen LogP contribution in [0.5, 0.6) is 0 Å². The first-order valence-corrected chi connectivity index (χ1v) is 7.80. The number of pyridine rings is 1. The Morgan fingerprint density at radius 3 is 3.00 bits per heavy atom. The molecule has 5 heteroatoms. The quantitative estimate of drug-likeness (QED) is 0.762. The molecule has 4 rings (SSSR count). The van der Waals surface area contributed by atoms with Crippen molar-refractivity contribution in [3.8, 4) is 11.4 Å². The molecule has 1 aliphatic heterocycles. The Kier molecular flexibility index (Phi) is 3.35. The summed E-state index contributed by atoms with van der Waals surface area (Å²) in [6.45, 7) is 3.26. The van der Waals surface area contributed by atoms with Gasteiger partial charge in [0.05, 0.1) is 28.6 Å². The number of aromatic amines is 1. The molecular weight excluding hydrogens is 274 g/mol. The molecule has 3 aromatic rings. The van der Waals surface area contributed by atoms with Gasteiger partial charge in [0.25, 0.3) is 0 Å². The minimum absolute atomic E-state index is 0.453. The van der Waals surface area contributed by atoms with Crippen molar-refractivity contribution in [3.05, 3.63) is 42.5 Å². The lowest BCUT2D eigenvalue weighted by atomic mass is 9.92. The zero-order valence-electron chi connectivity index (χ0n) is 12.6. The summed E-state index contributed by atoms with van der Waals surface area (Å²) in [5, 5.41) is 3.47. The Hall–Kier alpha value is -2.27. The zero-order valence-corrected chi connectivity index (χ0v) is 12.6. The van der Waals surface area contributed by atoms with Crippen molar-refractivity contribution >= 4 is 11.0 Å². The fourth-order valence-electron chi connectivity index (χ4n) is 3.16. The number of aromatic nitrogens is 4. The lowest BCUT2D eigenvalue weighted by molar-refractivity contribution is 0.371. The first kappa shape index (κ1) is 13.4. The van der Waals surface area contributed by atoms with Crippen molar-refractivity contribution in [2.75, 3.05) is 6.54 Å². The number of fused-ring (bicyclic) bond motifs is 1. The van der Waals surface area contributed by atoms with E-state index >= 15 is 0 Å². The Labute approximate surface area is 129 Å². The molecule has 4 heterocycles. The van der Waals surface area contributed by atoms with Crippen molar-refractivity contribution in [3.63, 3.8) is 0 Å². The molecule has 1 fully saturated rings. The van der Waals surface area contributed by atoms with E-state index in [4.69, 9.17) is 4.98 Å². The van der Waals surface area contributed by atoms with Gasteiger partial charge >= 0.3 is 0 Å². The highest BCUT2D eigenvalue weighted by Gasteiger charge is 2.22. The molecular formula is C17H19N5. The fraction of sp³-hybridized carbons (Fsp3) is 0.353. The van der Waals surface area contributed by atoms with Crippen LogP contribution in [0.25, 0.3) is 22.4 Å². The molecule has 1 aliphatic rings. The molecule has 0 amide bonds. The molecule has 3 aromatic heterocycles. The average Bonchev–Trinajstić information content (AvgIpc) is 2.99. The molecule has 22 heavy (non-hydrogen) atoms. The third kappa shape index (κ3) is 2.48. The first-order valence-electron chi connectivity index (χ1n) is 7.80. The topological polar surface area (TPSA) is 66.5 Å². The second kappa shape index (κ2) is 5.50. The predicted octanol–water partition coefficient (Wildman–Crippen LogP) is 2.88. The fourth-order valence-corrected chi connectivity index (χ4v) is 3.16. The Morgan fingerprint density at radius 1 is 1.23 bits per heavy atom. The van der Waals surface area contributed by atoms with Crippen LogP contribution in [0.1, 0.15) is 31.5 Å². The van der Waals surface area contributed by atoms with Crippen molar-refractivity contribution in [1.82, 2.24) is 25.3 Å². The van der Waals surface area contributed by atoms with Crippen LogP contribution in [0, 0.1) is 0 Å². The van der Waals surface area contributed by atoms with Crippen LogP contribution in [0.3, 0.4) is 0 Å². The summed E-state index contributed by atoms with van der Waals surface area (Å²) in [7, 11) is 0. The first-order chi connectivity index (χ1) is 10.8. The van der Waals surface area contributed by atoms with Gasteiger partial charge in [0, 0.05) is 18.2 Å². The Morgan fingerprint density at radius 2 is 2.18 bits per heavy atom. The molecule has 2 N–H and O–H groups in total. The van der Waals surface area contributed by atoms with Gasteiger partial charge in [-0.2, -0.15) is 0 Å². The molecule has 1 saturated heterocycles. The summed E-state index contributed by atoms with van der Waals surface area (Å²) >= 11 is 0. The number of H-pyrrole nitrogens is 1. The molecule has 0 bridgehead atoms. The highest BCUT2D eigenvalue weighted by Crippen LogP contribution is 2.27. The molecule has 0 aromatic carbocycles. The predicted molar refractivity (Wildman–Crippen MR) is 86.6 cm³/mol. The summed E-state index contributed by atoms with van der Waals surface area (Å²) in [5.41, 5.74) is 3.85. The van der Waals surface area contributed by atoms with Gasteiger partial charge in [0.2, 0.25) is 0 Å². The van der Waals surface area contributed by atoms with Crippen LogP contribution in [-0.4, -0.2) is 32.5 Å². The Bertz CT molecular complexity index is 780. The van der Waals surface area contributed by atoms with Crippen LogP contribution < -0.4 is 5.32 Å². The molecule has 0 saturated carbocycles. The van der Waals surface area contributed by atoms with Gasteiger partial charge in [-0.15, -0.1) is 0 Å². The van der Waals surface area contributed by atoms with Crippen molar-refractivity contribution < 1.29 is 0 Å². The van der Waals surface area contributed by atoms with E-state index in [2.05, 4.69) is 33.3 Å². The van der Waals surface area contributed by atoms with Crippen LogP contribution in [0.4, 0.5) is 0 Å². The smallest absolute Gasteiger partial charge is 0.132 e. The molecule has 0 spiro atoms. The van der Waals surface area contributed by atoms with Crippen molar-refractivity contribution in [2.24, 2.45) is 0 Å². The average molecular weight is 293 g/mol. The largest absolute Gasteiger partial charge is 0.351 e. The number of rotatable bonds is 2. The van der Waals surface area contributed by atoms with Gasteiger partial charge in [-0.05, 0) is 44.5 Å². The third-order valence-corrected chi connectivity index (χ3v) is 4.32. The van der Waals surface area contributed by atoms with E-state index in [1.165, 1.54) is 0 Å². The van der Waals surface area contributed by atoms with Crippen LogP contribution in [-0.2, 0) is 0 Å². The monoisotopic (exact) mass is 293 g/mol. The van der Waals surface area contributed by atoms with Gasteiger partial charge in [-0.3, -0.25) is 4.98 Å². The Balaban J connectivity index is 1.69. The van der Waals surface area contributed by atoms with Crippen molar-refractivity contribution in [2.45, 2.75) is 31.7 Å². The molecule has 5 nitrogen and oxygen atoms in total. The maximum Gasteiger partial charge on any atom is 0.132 e. The van der Waals surface area contributed by atoms with Crippen LogP contribution >= 0.6 is 0 Å². The number of nitrogens with one attached hydrogen (secondary N) is 2. The summed E-state index contributed by atoms with van der Waals surface area (Å²) in [5.74, 6) is 1.42. The van der Waals surface area contributed by atoms with E-state index in [1.807, 2.05) is 24.4 Å². The third-order valence-electron chi connectivity index (χ3n) is 4.32. The number of hydrogen-bond acceptors (Lipinski definition) is 4. The van der Waals surface area contributed by atoms with E-state index in [0.29, 0.717) is 12.0 Å². The van der Waals surface area contributed by atoms with E-state index in [-0.39, 0.29) is 0 Å². The lowest BCUT2D eigenvalue weighted by Gasteiger charge is -2.26. The number of piperidine rings is 1. The SMILES string of the molecule is CC1CC(c2ncc3[nH]c(-c4ccccn4)cc3n2)CCN1. The van der Waals surface area contributed by atoms with Crippen LogP contribution in [0.2, 0.25) is 0 Å². The van der Waals surface area contributed by atoms with Crippen LogP contribution in [0.15, 0.2) is 36.7 Å².